The molecule has 4 aromatic heterocycles. The SMILES string of the molecule is Cc1cccc(-n2c(C)c(C)c3c(NCCCn4ccnc4)ncnc32)n1. The van der Waals surface area contributed by atoms with Crippen molar-refractivity contribution in [2.45, 2.75) is 33.7 Å². The third-order valence-corrected chi connectivity index (χ3v) is 4.84. The van der Waals surface area contributed by atoms with Crippen molar-refractivity contribution in [2.75, 3.05) is 11.9 Å². The van der Waals surface area contributed by atoms with Crippen molar-refractivity contribution >= 4 is 16.9 Å². The maximum Gasteiger partial charge on any atom is 0.151 e. The summed E-state index contributed by atoms with van der Waals surface area (Å²) < 4.78 is 4.18. The molecule has 0 saturated carbocycles. The molecular weight excluding hydrogens is 338 g/mol. The van der Waals surface area contributed by atoms with Gasteiger partial charge in [0.1, 0.15) is 18.0 Å². The molecule has 7 heteroatoms. The highest BCUT2D eigenvalue weighted by Crippen LogP contribution is 2.30. The number of hydrogen-bond acceptors (Lipinski definition) is 5. The molecule has 0 atom stereocenters. The van der Waals surface area contributed by atoms with Crippen LogP contribution in [0.1, 0.15) is 23.4 Å². The number of aryl methyl sites for hydroxylation is 3. The maximum atomic E-state index is 4.67. The third kappa shape index (κ3) is 3.28. The smallest absolute Gasteiger partial charge is 0.151 e. The van der Waals surface area contributed by atoms with Crippen molar-refractivity contribution in [3.05, 3.63) is 60.2 Å². The minimum Gasteiger partial charge on any atom is -0.369 e. The van der Waals surface area contributed by atoms with Crippen LogP contribution in [0.3, 0.4) is 0 Å². The van der Waals surface area contributed by atoms with Gasteiger partial charge < -0.3 is 9.88 Å². The second-order valence-corrected chi connectivity index (χ2v) is 6.68. The Bertz CT molecular complexity index is 1060. The molecule has 0 saturated heterocycles. The van der Waals surface area contributed by atoms with Crippen LogP contribution in [0.25, 0.3) is 16.9 Å². The summed E-state index contributed by atoms with van der Waals surface area (Å²) in [6, 6.07) is 6.04. The molecule has 0 aliphatic carbocycles. The maximum absolute atomic E-state index is 4.67. The van der Waals surface area contributed by atoms with E-state index in [-0.39, 0.29) is 0 Å². The number of hydrogen-bond donors (Lipinski definition) is 1. The van der Waals surface area contributed by atoms with Gasteiger partial charge in [0, 0.05) is 36.9 Å². The molecule has 0 aliphatic rings. The van der Waals surface area contributed by atoms with E-state index in [4.69, 9.17) is 0 Å². The van der Waals surface area contributed by atoms with Crippen molar-refractivity contribution in [3.63, 3.8) is 0 Å². The lowest BCUT2D eigenvalue weighted by atomic mass is 10.2. The van der Waals surface area contributed by atoms with E-state index in [1.165, 1.54) is 5.56 Å². The summed E-state index contributed by atoms with van der Waals surface area (Å²) in [6.45, 7) is 7.97. The fourth-order valence-electron chi connectivity index (χ4n) is 3.35. The van der Waals surface area contributed by atoms with Gasteiger partial charge in [0.05, 0.1) is 11.7 Å². The molecule has 0 aliphatic heterocycles. The lowest BCUT2D eigenvalue weighted by Gasteiger charge is -2.09. The zero-order chi connectivity index (χ0) is 18.8. The number of nitrogens with one attached hydrogen (secondary N) is 1. The van der Waals surface area contributed by atoms with E-state index < -0.39 is 0 Å². The summed E-state index contributed by atoms with van der Waals surface area (Å²) in [5.41, 5.74) is 4.17. The lowest BCUT2D eigenvalue weighted by Crippen LogP contribution is -2.08. The van der Waals surface area contributed by atoms with Crippen LogP contribution in [0.15, 0.2) is 43.2 Å². The minimum absolute atomic E-state index is 0.830. The zero-order valence-corrected chi connectivity index (χ0v) is 15.8. The Morgan fingerprint density at radius 1 is 1.11 bits per heavy atom. The van der Waals surface area contributed by atoms with Gasteiger partial charge in [-0.1, -0.05) is 6.07 Å². The number of nitrogens with zero attached hydrogens (tertiary/aromatic N) is 6. The van der Waals surface area contributed by atoms with Gasteiger partial charge >= 0.3 is 0 Å². The predicted molar refractivity (Wildman–Crippen MR) is 106 cm³/mol. The summed E-state index contributed by atoms with van der Waals surface area (Å²) >= 11 is 0. The molecule has 0 aromatic carbocycles. The number of fused-ring (bicyclic) bond motifs is 1. The highest BCUT2D eigenvalue weighted by atomic mass is 15.1. The van der Waals surface area contributed by atoms with E-state index in [2.05, 4.69) is 48.2 Å². The second kappa shape index (κ2) is 7.19. The Morgan fingerprint density at radius 3 is 2.78 bits per heavy atom. The van der Waals surface area contributed by atoms with E-state index in [0.717, 1.165) is 53.6 Å². The van der Waals surface area contributed by atoms with Crippen LogP contribution in [0, 0.1) is 20.8 Å². The van der Waals surface area contributed by atoms with E-state index in [1.54, 1.807) is 12.5 Å². The first kappa shape index (κ1) is 17.2. The molecule has 1 N–H and O–H groups in total. The summed E-state index contributed by atoms with van der Waals surface area (Å²) in [7, 11) is 0. The number of rotatable bonds is 6. The first-order valence-corrected chi connectivity index (χ1v) is 9.11. The average Bonchev–Trinajstić information content (AvgIpc) is 3.26. The predicted octanol–water partition coefficient (Wildman–Crippen LogP) is 3.44. The van der Waals surface area contributed by atoms with Crippen LogP contribution in [0.4, 0.5) is 5.82 Å². The molecule has 0 unspecified atom stereocenters. The summed E-state index contributed by atoms with van der Waals surface area (Å²) in [5, 5.41) is 4.53. The van der Waals surface area contributed by atoms with Gasteiger partial charge in [-0.2, -0.15) is 0 Å². The van der Waals surface area contributed by atoms with Gasteiger partial charge in [0.25, 0.3) is 0 Å². The molecule has 0 bridgehead atoms. The van der Waals surface area contributed by atoms with Crippen LogP contribution in [0.5, 0.6) is 0 Å². The summed E-state index contributed by atoms with van der Waals surface area (Å²) in [5.74, 6) is 1.76. The number of pyridine rings is 1. The van der Waals surface area contributed by atoms with Crippen LogP contribution in [-0.4, -0.2) is 35.6 Å². The molecule has 0 amide bonds. The lowest BCUT2D eigenvalue weighted by molar-refractivity contribution is 0.660. The third-order valence-electron chi connectivity index (χ3n) is 4.84. The fourth-order valence-corrected chi connectivity index (χ4v) is 3.35. The molecule has 7 nitrogen and oxygen atoms in total. The van der Waals surface area contributed by atoms with Gasteiger partial charge in [-0.3, -0.25) is 4.57 Å². The van der Waals surface area contributed by atoms with Gasteiger partial charge in [-0.05, 0) is 44.9 Å². The first-order chi connectivity index (χ1) is 13.1. The Kier molecular flexibility index (Phi) is 4.58. The van der Waals surface area contributed by atoms with E-state index in [1.807, 2.05) is 37.6 Å². The molecular formula is C20H23N7. The second-order valence-electron chi connectivity index (χ2n) is 6.68. The minimum atomic E-state index is 0.830. The highest BCUT2D eigenvalue weighted by molar-refractivity contribution is 5.92. The molecule has 27 heavy (non-hydrogen) atoms. The highest BCUT2D eigenvalue weighted by Gasteiger charge is 2.18. The van der Waals surface area contributed by atoms with Crippen molar-refractivity contribution in [2.24, 2.45) is 0 Å². The van der Waals surface area contributed by atoms with Crippen LogP contribution < -0.4 is 5.32 Å². The van der Waals surface area contributed by atoms with Gasteiger partial charge in [-0.15, -0.1) is 0 Å². The summed E-state index contributed by atoms with van der Waals surface area (Å²) in [4.78, 5) is 17.8. The zero-order valence-electron chi connectivity index (χ0n) is 15.8. The molecule has 138 valence electrons. The Morgan fingerprint density at radius 2 is 2.00 bits per heavy atom. The first-order valence-electron chi connectivity index (χ1n) is 9.11. The molecule has 4 rings (SSSR count). The number of imidazole rings is 1. The fraction of sp³-hybridized carbons (Fsp3) is 0.300. The van der Waals surface area contributed by atoms with Crippen molar-refractivity contribution in [1.82, 2.24) is 29.1 Å². The van der Waals surface area contributed by atoms with Crippen molar-refractivity contribution in [1.29, 1.82) is 0 Å². The van der Waals surface area contributed by atoms with E-state index >= 15 is 0 Å². The number of anilines is 1. The van der Waals surface area contributed by atoms with Crippen LogP contribution in [-0.2, 0) is 6.54 Å². The molecule has 0 radical (unpaired) electrons. The quantitative estimate of drug-likeness (QED) is 0.533. The molecule has 0 spiro atoms. The Labute approximate surface area is 158 Å². The average molecular weight is 361 g/mol. The van der Waals surface area contributed by atoms with Crippen LogP contribution in [0.2, 0.25) is 0 Å². The summed E-state index contributed by atoms with van der Waals surface area (Å²) in [6.07, 6.45) is 8.22. The van der Waals surface area contributed by atoms with Crippen LogP contribution >= 0.6 is 0 Å². The van der Waals surface area contributed by atoms with Gasteiger partial charge in [0.15, 0.2) is 5.65 Å². The molecule has 4 aromatic rings. The van der Waals surface area contributed by atoms with Crippen molar-refractivity contribution < 1.29 is 0 Å². The van der Waals surface area contributed by atoms with E-state index in [0.29, 0.717) is 0 Å². The Balaban J connectivity index is 1.64. The van der Waals surface area contributed by atoms with Gasteiger partial charge in [0.2, 0.25) is 0 Å². The topological polar surface area (TPSA) is 73.5 Å². The normalized spacial score (nSPS) is 11.2. The standard InChI is InChI=1S/C20H23N7/c1-14-6-4-7-17(25-14)27-16(3)15(2)18-19(23-12-24-20(18)27)22-8-5-10-26-11-9-21-13-26/h4,6-7,9,11-13H,5,8,10H2,1-3H3,(H,22,23,24). The number of aromatic nitrogens is 6. The molecule has 4 heterocycles. The van der Waals surface area contributed by atoms with Crippen molar-refractivity contribution in [3.8, 4) is 5.82 Å². The monoisotopic (exact) mass is 361 g/mol. The largest absolute Gasteiger partial charge is 0.369 e. The molecule has 0 fully saturated rings. The van der Waals surface area contributed by atoms with E-state index in [9.17, 15) is 0 Å². The Hall–Kier alpha value is -3.22. The van der Waals surface area contributed by atoms with Gasteiger partial charge in [-0.25, -0.2) is 19.9 Å².